The van der Waals surface area contributed by atoms with Crippen LogP contribution < -0.4 is 10.6 Å². The maximum atomic E-state index is 11.3. The van der Waals surface area contributed by atoms with E-state index >= 15 is 0 Å². The van der Waals surface area contributed by atoms with Crippen LogP contribution in [0.5, 0.6) is 0 Å². The highest BCUT2D eigenvalue weighted by molar-refractivity contribution is 9.10. The largest absolute Gasteiger partial charge is 0.355 e. The van der Waals surface area contributed by atoms with E-state index in [9.17, 15) is 4.79 Å². The first kappa shape index (κ1) is 15.5. The second-order valence-corrected chi connectivity index (χ2v) is 5.63. The Balaban J connectivity index is 2.22. The summed E-state index contributed by atoms with van der Waals surface area (Å²) in [6.45, 7) is 5.92. The van der Waals surface area contributed by atoms with Crippen molar-refractivity contribution in [1.82, 2.24) is 10.6 Å². The highest BCUT2D eigenvalue weighted by atomic mass is 79.9. The lowest BCUT2D eigenvalue weighted by molar-refractivity contribution is -0.123. The smallest absolute Gasteiger partial charge is 0.222 e. The van der Waals surface area contributed by atoms with Crippen LogP contribution in [0.4, 0.5) is 0 Å². The normalized spacial score (nSPS) is 10.7. The summed E-state index contributed by atoms with van der Waals surface area (Å²) in [6.07, 6.45) is 0. The Morgan fingerprint density at radius 2 is 2.11 bits per heavy atom. The van der Waals surface area contributed by atoms with Gasteiger partial charge >= 0.3 is 0 Å². The Hall–Kier alpha value is -0.580. The van der Waals surface area contributed by atoms with Gasteiger partial charge in [0.25, 0.3) is 0 Å². The van der Waals surface area contributed by atoms with Gasteiger partial charge < -0.3 is 10.6 Å². The van der Waals surface area contributed by atoms with Crippen LogP contribution in [0.25, 0.3) is 0 Å². The lowest BCUT2D eigenvalue weighted by Crippen LogP contribution is -2.34. The van der Waals surface area contributed by atoms with E-state index in [4.69, 9.17) is 11.6 Å². The van der Waals surface area contributed by atoms with Gasteiger partial charge in [-0.05, 0) is 33.6 Å². The molecule has 1 aromatic carbocycles. The molecule has 1 rings (SSSR count). The zero-order chi connectivity index (χ0) is 13.5. The van der Waals surface area contributed by atoms with Gasteiger partial charge in [0.05, 0.1) is 5.02 Å². The van der Waals surface area contributed by atoms with Crippen LogP contribution in [0.15, 0.2) is 22.7 Å². The van der Waals surface area contributed by atoms with Crippen molar-refractivity contribution in [3.63, 3.8) is 0 Å². The van der Waals surface area contributed by atoms with Crippen molar-refractivity contribution in [2.45, 2.75) is 20.4 Å². The Labute approximate surface area is 121 Å². The lowest BCUT2D eigenvalue weighted by atomic mass is 10.2. The molecule has 1 aromatic rings. The van der Waals surface area contributed by atoms with Gasteiger partial charge in [0, 0.05) is 30.0 Å². The van der Waals surface area contributed by atoms with Crippen LogP contribution in [0.2, 0.25) is 5.02 Å². The number of hydrogen-bond donors (Lipinski definition) is 2. The molecule has 0 saturated carbocycles. The van der Waals surface area contributed by atoms with E-state index in [2.05, 4.69) is 26.6 Å². The summed E-state index contributed by atoms with van der Waals surface area (Å²) in [5.41, 5.74) is 1.15. The lowest BCUT2D eigenvalue weighted by Gasteiger charge is -2.09. The quantitative estimate of drug-likeness (QED) is 0.786. The topological polar surface area (TPSA) is 41.1 Å². The van der Waals surface area contributed by atoms with Crippen molar-refractivity contribution in [1.29, 1.82) is 0 Å². The number of carbonyl (C=O) groups is 1. The van der Waals surface area contributed by atoms with Crippen molar-refractivity contribution < 1.29 is 4.79 Å². The molecule has 0 aliphatic carbocycles. The first-order valence-electron chi connectivity index (χ1n) is 5.93. The Morgan fingerprint density at radius 1 is 1.39 bits per heavy atom. The van der Waals surface area contributed by atoms with E-state index in [1.165, 1.54) is 0 Å². The highest BCUT2D eigenvalue weighted by Gasteiger charge is 2.04. The molecule has 0 saturated heterocycles. The molecule has 0 aliphatic rings. The molecule has 0 atom stereocenters. The minimum absolute atomic E-state index is 0.0391. The van der Waals surface area contributed by atoms with Crippen LogP contribution in [-0.2, 0) is 11.3 Å². The molecule has 18 heavy (non-hydrogen) atoms. The van der Waals surface area contributed by atoms with Crippen molar-refractivity contribution >= 4 is 33.4 Å². The highest BCUT2D eigenvalue weighted by Crippen LogP contribution is 2.22. The Morgan fingerprint density at radius 3 is 2.72 bits per heavy atom. The van der Waals surface area contributed by atoms with Crippen LogP contribution in [-0.4, -0.2) is 19.0 Å². The number of amides is 1. The second kappa shape index (κ2) is 7.77. The zero-order valence-electron chi connectivity index (χ0n) is 10.6. The number of carbonyl (C=O) groups excluding carboxylic acids is 1. The minimum Gasteiger partial charge on any atom is -0.355 e. The van der Waals surface area contributed by atoms with Gasteiger partial charge in [-0.3, -0.25) is 4.79 Å². The molecule has 0 heterocycles. The van der Waals surface area contributed by atoms with E-state index in [-0.39, 0.29) is 11.8 Å². The van der Waals surface area contributed by atoms with Gasteiger partial charge in [-0.15, -0.1) is 0 Å². The standard InChI is InChI=1S/C13H18BrClN2O/c1-9(2)13(18)17-6-5-16-8-10-3-4-12(15)11(14)7-10/h3-4,7,9,16H,5-6,8H2,1-2H3,(H,17,18). The summed E-state index contributed by atoms with van der Waals surface area (Å²) < 4.78 is 0.900. The van der Waals surface area contributed by atoms with Crippen molar-refractivity contribution in [2.24, 2.45) is 5.92 Å². The predicted molar refractivity (Wildman–Crippen MR) is 78.7 cm³/mol. The molecule has 0 unspecified atom stereocenters. The van der Waals surface area contributed by atoms with Gasteiger partial charge in [0.15, 0.2) is 0 Å². The molecule has 1 amide bonds. The molecular weight excluding hydrogens is 316 g/mol. The summed E-state index contributed by atoms with van der Waals surface area (Å²) >= 11 is 9.30. The molecule has 3 nitrogen and oxygen atoms in total. The number of halogens is 2. The van der Waals surface area contributed by atoms with Gasteiger partial charge in [0.2, 0.25) is 5.91 Å². The van der Waals surface area contributed by atoms with E-state index in [0.717, 1.165) is 23.1 Å². The van der Waals surface area contributed by atoms with Gasteiger partial charge in [0.1, 0.15) is 0 Å². The molecule has 2 N–H and O–H groups in total. The third kappa shape index (κ3) is 5.38. The SMILES string of the molecule is CC(C)C(=O)NCCNCc1ccc(Cl)c(Br)c1. The number of nitrogens with one attached hydrogen (secondary N) is 2. The number of rotatable bonds is 6. The maximum Gasteiger partial charge on any atom is 0.222 e. The molecular formula is C13H18BrClN2O. The third-order valence-corrected chi connectivity index (χ3v) is 3.65. The van der Waals surface area contributed by atoms with Crippen LogP contribution in [0.3, 0.4) is 0 Å². The van der Waals surface area contributed by atoms with E-state index in [1.54, 1.807) is 0 Å². The van der Waals surface area contributed by atoms with E-state index in [1.807, 2.05) is 32.0 Å². The molecule has 100 valence electrons. The fraction of sp³-hybridized carbons (Fsp3) is 0.462. The molecule has 5 heteroatoms. The third-order valence-electron chi connectivity index (χ3n) is 2.44. The van der Waals surface area contributed by atoms with E-state index < -0.39 is 0 Å². The summed E-state index contributed by atoms with van der Waals surface area (Å²) in [5, 5.41) is 6.83. The van der Waals surface area contributed by atoms with Gasteiger partial charge in [-0.25, -0.2) is 0 Å². The van der Waals surface area contributed by atoms with Gasteiger partial charge in [-0.1, -0.05) is 31.5 Å². The average molecular weight is 334 g/mol. The fourth-order valence-electron chi connectivity index (χ4n) is 1.36. The van der Waals surface area contributed by atoms with Crippen LogP contribution >= 0.6 is 27.5 Å². The monoisotopic (exact) mass is 332 g/mol. The van der Waals surface area contributed by atoms with Crippen molar-refractivity contribution in [3.05, 3.63) is 33.3 Å². The van der Waals surface area contributed by atoms with Crippen LogP contribution in [0, 0.1) is 5.92 Å². The molecule has 0 bridgehead atoms. The maximum absolute atomic E-state index is 11.3. The Kier molecular flexibility index (Phi) is 6.68. The summed E-state index contributed by atoms with van der Waals surface area (Å²) in [6, 6.07) is 5.83. The second-order valence-electron chi connectivity index (χ2n) is 4.37. The fourth-order valence-corrected chi connectivity index (χ4v) is 1.90. The number of benzene rings is 1. The molecule has 0 aromatic heterocycles. The van der Waals surface area contributed by atoms with E-state index in [0.29, 0.717) is 11.6 Å². The first-order valence-corrected chi connectivity index (χ1v) is 7.10. The molecule has 0 radical (unpaired) electrons. The number of hydrogen-bond acceptors (Lipinski definition) is 2. The van der Waals surface area contributed by atoms with Crippen LogP contribution in [0.1, 0.15) is 19.4 Å². The van der Waals surface area contributed by atoms with Crippen molar-refractivity contribution in [2.75, 3.05) is 13.1 Å². The zero-order valence-corrected chi connectivity index (χ0v) is 12.9. The minimum atomic E-state index is 0.0391. The van der Waals surface area contributed by atoms with Gasteiger partial charge in [-0.2, -0.15) is 0 Å². The van der Waals surface area contributed by atoms with Crippen molar-refractivity contribution in [3.8, 4) is 0 Å². The summed E-state index contributed by atoms with van der Waals surface area (Å²) in [4.78, 5) is 11.3. The average Bonchev–Trinajstić information content (AvgIpc) is 2.32. The Bertz CT molecular complexity index is 410. The predicted octanol–water partition coefficient (Wildman–Crippen LogP) is 2.96. The first-order chi connectivity index (χ1) is 8.50. The molecule has 0 fully saturated rings. The molecule has 0 aliphatic heterocycles. The summed E-state index contributed by atoms with van der Waals surface area (Å²) in [5.74, 6) is 0.128. The summed E-state index contributed by atoms with van der Waals surface area (Å²) in [7, 11) is 0. The molecule has 0 spiro atoms.